The first kappa shape index (κ1) is 16.3. The molecule has 3 rings (SSSR count). The van der Waals surface area contributed by atoms with Gasteiger partial charge in [-0.25, -0.2) is 9.59 Å². The number of oxazole rings is 1. The van der Waals surface area contributed by atoms with E-state index in [1.165, 1.54) is 11.6 Å². The molecule has 1 N–H and O–H groups in total. The Morgan fingerprint density at radius 2 is 1.92 bits per heavy atom. The van der Waals surface area contributed by atoms with Crippen LogP contribution in [0.3, 0.4) is 0 Å². The Kier molecular flexibility index (Phi) is 5.01. The molecule has 24 heavy (non-hydrogen) atoms. The quantitative estimate of drug-likeness (QED) is 0.715. The molecule has 0 spiro atoms. The van der Waals surface area contributed by atoms with Crippen LogP contribution in [0.15, 0.2) is 57.7 Å². The fraction of sp³-hybridized carbons (Fsp3) is 0.222. The van der Waals surface area contributed by atoms with Gasteiger partial charge in [0.1, 0.15) is 5.52 Å². The lowest BCUT2D eigenvalue weighted by Crippen LogP contribution is -2.34. The largest absolute Gasteiger partial charge is 0.428 e. The standard InChI is InChI=1S/C18H17ClN2O3/c19-14-9-10-16-15(12-14)21(18(23)24-16)17(22)20-11-5-4-8-13-6-2-1-3-7-13/h1-3,6-7,9-10,12H,4-5,8,11H2,(H,20,22). The second-order valence-electron chi connectivity index (χ2n) is 5.49. The Labute approximate surface area is 143 Å². The zero-order valence-electron chi connectivity index (χ0n) is 13.0. The van der Waals surface area contributed by atoms with E-state index < -0.39 is 11.8 Å². The minimum absolute atomic E-state index is 0.337. The third kappa shape index (κ3) is 3.68. The van der Waals surface area contributed by atoms with Gasteiger partial charge in [0.25, 0.3) is 0 Å². The first-order valence-electron chi connectivity index (χ1n) is 7.78. The monoisotopic (exact) mass is 344 g/mol. The molecule has 0 radical (unpaired) electrons. The summed E-state index contributed by atoms with van der Waals surface area (Å²) in [5.74, 6) is -0.714. The Morgan fingerprint density at radius 1 is 1.12 bits per heavy atom. The number of carbonyl (C=O) groups excluding carboxylic acids is 1. The lowest BCUT2D eigenvalue weighted by atomic mass is 10.1. The number of halogens is 1. The maximum Gasteiger partial charge on any atom is 0.428 e. The fourth-order valence-corrected chi connectivity index (χ4v) is 2.72. The van der Waals surface area contributed by atoms with Gasteiger partial charge in [-0.1, -0.05) is 41.9 Å². The van der Waals surface area contributed by atoms with E-state index in [0.717, 1.165) is 23.8 Å². The van der Waals surface area contributed by atoms with Crippen molar-refractivity contribution in [1.82, 2.24) is 9.88 Å². The summed E-state index contributed by atoms with van der Waals surface area (Å²) in [4.78, 5) is 24.1. The minimum Gasteiger partial charge on any atom is -0.407 e. The van der Waals surface area contributed by atoms with Crippen LogP contribution in [-0.2, 0) is 6.42 Å². The number of benzene rings is 2. The van der Waals surface area contributed by atoms with Crippen LogP contribution in [0.2, 0.25) is 5.02 Å². The van der Waals surface area contributed by atoms with Crippen molar-refractivity contribution in [2.45, 2.75) is 19.3 Å². The number of hydrogen-bond donors (Lipinski definition) is 1. The summed E-state index contributed by atoms with van der Waals surface area (Å²) >= 11 is 5.92. The number of rotatable bonds is 5. The van der Waals surface area contributed by atoms with Gasteiger partial charge in [0.05, 0.1) is 0 Å². The van der Waals surface area contributed by atoms with Crippen molar-refractivity contribution in [2.24, 2.45) is 0 Å². The van der Waals surface area contributed by atoms with Crippen molar-refractivity contribution >= 4 is 28.7 Å². The molecule has 3 aromatic rings. The average molecular weight is 345 g/mol. The predicted octanol–water partition coefficient (Wildman–Crippen LogP) is 3.83. The van der Waals surface area contributed by atoms with E-state index in [9.17, 15) is 9.59 Å². The number of nitrogens with zero attached hydrogens (tertiary/aromatic N) is 1. The van der Waals surface area contributed by atoms with Crippen molar-refractivity contribution in [3.63, 3.8) is 0 Å². The maximum atomic E-state index is 12.2. The lowest BCUT2D eigenvalue weighted by molar-refractivity contribution is 0.241. The Bertz CT molecular complexity index is 900. The predicted molar refractivity (Wildman–Crippen MR) is 93.7 cm³/mol. The van der Waals surface area contributed by atoms with Gasteiger partial charge >= 0.3 is 11.8 Å². The van der Waals surface area contributed by atoms with Gasteiger partial charge in [-0.2, -0.15) is 4.57 Å². The van der Waals surface area contributed by atoms with Crippen molar-refractivity contribution in [2.75, 3.05) is 6.54 Å². The molecule has 1 amide bonds. The number of fused-ring (bicyclic) bond motifs is 1. The topological polar surface area (TPSA) is 64.2 Å². The molecular formula is C18H17ClN2O3. The molecular weight excluding hydrogens is 328 g/mol. The molecule has 0 aliphatic rings. The molecule has 0 atom stereocenters. The molecule has 0 saturated carbocycles. The molecule has 6 heteroatoms. The van der Waals surface area contributed by atoms with Gasteiger partial charge in [0.15, 0.2) is 5.58 Å². The Morgan fingerprint density at radius 3 is 2.71 bits per heavy atom. The van der Waals surface area contributed by atoms with Gasteiger partial charge in [-0.3, -0.25) is 0 Å². The molecule has 0 unspecified atom stereocenters. The van der Waals surface area contributed by atoms with Crippen molar-refractivity contribution in [3.05, 3.63) is 69.7 Å². The van der Waals surface area contributed by atoms with Crippen LogP contribution in [0, 0.1) is 0 Å². The van der Waals surface area contributed by atoms with Gasteiger partial charge in [-0.05, 0) is 43.0 Å². The summed E-state index contributed by atoms with van der Waals surface area (Å²) in [5, 5.41) is 3.18. The number of aromatic nitrogens is 1. The summed E-state index contributed by atoms with van der Waals surface area (Å²) in [6, 6.07) is 14.4. The number of nitrogens with one attached hydrogen (secondary N) is 1. The summed E-state index contributed by atoms with van der Waals surface area (Å²) < 4.78 is 6.02. The Hall–Kier alpha value is -2.53. The molecule has 1 heterocycles. The highest BCUT2D eigenvalue weighted by Crippen LogP contribution is 2.18. The lowest BCUT2D eigenvalue weighted by Gasteiger charge is -2.05. The zero-order chi connectivity index (χ0) is 16.9. The van der Waals surface area contributed by atoms with E-state index in [2.05, 4.69) is 17.4 Å². The normalized spacial score (nSPS) is 10.9. The first-order chi connectivity index (χ1) is 11.6. The number of hydrogen-bond acceptors (Lipinski definition) is 3. The summed E-state index contributed by atoms with van der Waals surface area (Å²) in [5.41, 5.74) is 1.98. The summed E-state index contributed by atoms with van der Waals surface area (Å²) in [7, 11) is 0. The highest BCUT2D eigenvalue weighted by molar-refractivity contribution is 6.31. The third-order valence-corrected chi connectivity index (χ3v) is 3.99. The van der Waals surface area contributed by atoms with Crippen LogP contribution in [0.25, 0.3) is 11.1 Å². The molecule has 0 aliphatic carbocycles. The van der Waals surface area contributed by atoms with Gasteiger partial charge in [0.2, 0.25) is 0 Å². The number of amides is 1. The number of aryl methyl sites for hydroxylation is 1. The minimum atomic E-state index is -0.714. The van der Waals surface area contributed by atoms with Gasteiger partial charge < -0.3 is 9.73 Å². The van der Waals surface area contributed by atoms with E-state index >= 15 is 0 Å². The molecule has 0 bridgehead atoms. The summed E-state index contributed by atoms with van der Waals surface area (Å²) in [6.07, 6.45) is 2.74. The Balaban J connectivity index is 1.57. The number of carbonyl (C=O) groups is 1. The van der Waals surface area contributed by atoms with Gasteiger partial charge in [-0.15, -0.1) is 0 Å². The first-order valence-corrected chi connectivity index (χ1v) is 8.16. The van der Waals surface area contributed by atoms with Crippen molar-refractivity contribution < 1.29 is 9.21 Å². The van der Waals surface area contributed by atoms with Crippen LogP contribution in [0.4, 0.5) is 4.79 Å². The van der Waals surface area contributed by atoms with Crippen LogP contribution in [0.5, 0.6) is 0 Å². The highest BCUT2D eigenvalue weighted by Gasteiger charge is 2.15. The van der Waals surface area contributed by atoms with E-state index in [1.807, 2.05) is 18.2 Å². The molecule has 2 aromatic carbocycles. The average Bonchev–Trinajstić information content (AvgIpc) is 2.90. The second kappa shape index (κ2) is 7.36. The number of unbranched alkanes of at least 4 members (excludes halogenated alkanes) is 1. The van der Waals surface area contributed by atoms with Crippen molar-refractivity contribution in [1.29, 1.82) is 0 Å². The maximum absolute atomic E-state index is 12.2. The fourth-order valence-electron chi connectivity index (χ4n) is 2.56. The molecule has 1 aromatic heterocycles. The van der Waals surface area contributed by atoms with Gasteiger partial charge in [0, 0.05) is 11.6 Å². The smallest absolute Gasteiger partial charge is 0.407 e. The van der Waals surface area contributed by atoms with Crippen molar-refractivity contribution in [3.8, 4) is 0 Å². The molecule has 124 valence electrons. The van der Waals surface area contributed by atoms with E-state index in [4.69, 9.17) is 16.0 Å². The van der Waals surface area contributed by atoms with Crippen LogP contribution < -0.4 is 11.1 Å². The molecule has 0 saturated heterocycles. The van der Waals surface area contributed by atoms with Crippen LogP contribution >= 0.6 is 11.6 Å². The molecule has 0 fully saturated rings. The van der Waals surface area contributed by atoms with Crippen LogP contribution in [0.1, 0.15) is 18.4 Å². The van der Waals surface area contributed by atoms with Crippen LogP contribution in [-0.4, -0.2) is 17.1 Å². The second-order valence-corrected chi connectivity index (χ2v) is 5.93. The molecule has 5 nitrogen and oxygen atoms in total. The van der Waals surface area contributed by atoms with E-state index in [1.54, 1.807) is 12.1 Å². The highest BCUT2D eigenvalue weighted by atomic mass is 35.5. The van der Waals surface area contributed by atoms with E-state index in [0.29, 0.717) is 22.7 Å². The SMILES string of the molecule is O=C(NCCCCc1ccccc1)n1c(=O)oc2ccc(Cl)cc21. The molecule has 0 aliphatic heterocycles. The summed E-state index contributed by atoms with van der Waals surface area (Å²) in [6.45, 7) is 0.491. The zero-order valence-corrected chi connectivity index (χ0v) is 13.8. The van der Waals surface area contributed by atoms with E-state index in [-0.39, 0.29) is 0 Å². The third-order valence-electron chi connectivity index (χ3n) is 3.76.